The van der Waals surface area contributed by atoms with Crippen molar-refractivity contribution >= 4 is 24.4 Å². The van der Waals surface area contributed by atoms with Gasteiger partial charge in [-0.2, -0.15) is 5.26 Å². The molecule has 90 valence electrons. The molecule has 2 rings (SSSR count). The van der Waals surface area contributed by atoms with Gasteiger partial charge in [0.25, 0.3) is 0 Å². The molecule has 0 aliphatic rings. The van der Waals surface area contributed by atoms with Gasteiger partial charge in [0.15, 0.2) is 4.77 Å². The van der Waals surface area contributed by atoms with Crippen LogP contribution in [0.4, 0.5) is 0 Å². The fourth-order valence-electron chi connectivity index (χ4n) is 1.74. The average molecular weight is 273 g/mol. The molecule has 0 atom stereocenters. The number of aromatic nitrogens is 2. The average Bonchev–Trinajstić information content (AvgIpc) is 2.35. The molecule has 0 aliphatic carbocycles. The Morgan fingerprint density at radius 1 is 1.33 bits per heavy atom. The maximum atomic E-state index is 9.26. The highest BCUT2D eigenvalue weighted by Crippen LogP contribution is 2.22. The Kier molecular flexibility index (Phi) is 3.41. The highest BCUT2D eigenvalue weighted by atomic mass is 32.1. The van der Waals surface area contributed by atoms with E-state index >= 15 is 0 Å². The molecule has 18 heavy (non-hydrogen) atoms. The van der Waals surface area contributed by atoms with E-state index in [4.69, 9.17) is 24.4 Å². The Bertz CT molecular complexity index is 763. The molecule has 2 aromatic rings. The molecule has 0 amide bonds. The molecule has 1 aromatic heterocycles. The van der Waals surface area contributed by atoms with Crippen LogP contribution in [0.5, 0.6) is 0 Å². The Labute approximate surface area is 115 Å². The topological polar surface area (TPSA) is 44.5 Å². The molecular weight excluding hydrogens is 262 g/mol. The van der Waals surface area contributed by atoms with Crippen molar-refractivity contribution in [3.05, 3.63) is 44.8 Å². The largest absolute Gasteiger partial charge is 0.331 e. The number of H-pyrrole nitrogens is 1. The molecule has 5 heteroatoms. The van der Waals surface area contributed by atoms with Gasteiger partial charge in [0.1, 0.15) is 16.3 Å². The Hall–Kier alpha value is -1.77. The quantitative estimate of drug-likeness (QED) is 0.806. The van der Waals surface area contributed by atoms with Crippen molar-refractivity contribution in [3.63, 3.8) is 0 Å². The zero-order valence-corrected chi connectivity index (χ0v) is 11.7. The second-order valence-corrected chi connectivity index (χ2v) is 4.80. The number of aromatic amines is 1. The van der Waals surface area contributed by atoms with Crippen LogP contribution < -0.4 is 0 Å². The van der Waals surface area contributed by atoms with Crippen molar-refractivity contribution < 1.29 is 0 Å². The summed E-state index contributed by atoms with van der Waals surface area (Å²) < 4.78 is 2.59. The van der Waals surface area contributed by atoms with Gasteiger partial charge >= 0.3 is 0 Å². The predicted octanol–water partition coefficient (Wildman–Crippen LogP) is 3.66. The molecule has 0 unspecified atom stereocenters. The summed E-state index contributed by atoms with van der Waals surface area (Å²) in [6, 6.07) is 10.0. The smallest absolute Gasteiger partial charge is 0.178 e. The molecule has 0 saturated carbocycles. The number of nitrogens with one attached hydrogen (secondary N) is 1. The van der Waals surface area contributed by atoms with Crippen LogP contribution in [-0.2, 0) is 7.05 Å². The second-order valence-electron chi connectivity index (χ2n) is 4.03. The van der Waals surface area contributed by atoms with Gasteiger partial charge in [-0.3, -0.25) is 0 Å². The predicted molar refractivity (Wildman–Crippen MR) is 76.3 cm³/mol. The lowest BCUT2D eigenvalue weighted by atomic mass is 10.1. The lowest BCUT2D eigenvalue weighted by Gasteiger charge is -2.08. The molecule has 1 N–H and O–H groups in total. The fourth-order valence-corrected chi connectivity index (χ4v) is 2.23. The Morgan fingerprint density at radius 3 is 2.67 bits per heavy atom. The van der Waals surface area contributed by atoms with Crippen molar-refractivity contribution in [1.82, 2.24) is 9.55 Å². The monoisotopic (exact) mass is 273 g/mol. The molecule has 0 saturated heterocycles. The van der Waals surface area contributed by atoms with E-state index in [1.165, 1.54) is 0 Å². The van der Waals surface area contributed by atoms with Gasteiger partial charge in [0.05, 0.1) is 5.69 Å². The molecule has 1 heterocycles. The standard InChI is InChI=1S/C13H11N3S2/c1-8-4-3-5-9(6-8)11-10(7-14)12(17)16(2)13(18)15-11/h3-6H,1-2H3,(H,15,18). The van der Waals surface area contributed by atoms with Gasteiger partial charge in [0.2, 0.25) is 0 Å². The molecule has 1 aromatic carbocycles. The number of hydrogen-bond acceptors (Lipinski definition) is 3. The normalized spacial score (nSPS) is 10.1. The van der Waals surface area contributed by atoms with Gasteiger partial charge in [-0.05, 0) is 30.8 Å². The maximum Gasteiger partial charge on any atom is 0.178 e. The number of nitrogens with zero attached hydrogens (tertiary/aromatic N) is 2. The van der Waals surface area contributed by atoms with E-state index in [1.807, 2.05) is 31.2 Å². The van der Waals surface area contributed by atoms with Crippen LogP contribution in [0.1, 0.15) is 11.1 Å². The van der Waals surface area contributed by atoms with Crippen molar-refractivity contribution in [2.75, 3.05) is 0 Å². The third kappa shape index (κ3) is 2.13. The molecule has 0 fully saturated rings. The summed E-state index contributed by atoms with van der Waals surface area (Å²) in [5, 5.41) is 9.26. The van der Waals surface area contributed by atoms with E-state index in [-0.39, 0.29) is 0 Å². The molecular formula is C13H11N3S2. The number of hydrogen-bond donors (Lipinski definition) is 1. The van der Waals surface area contributed by atoms with E-state index in [0.29, 0.717) is 20.7 Å². The summed E-state index contributed by atoms with van der Waals surface area (Å²) in [6.45, 7) is 2.00. The van der Waals surface area contributed by atoms with Crippen LogP contribution in [0.25, 0.3) is 11.3 Å². The van der Waals surface area contributed by atoms with Gasteiger partial charge in [0, 0.05) is 7.05 Å². The van der Waals surface area contributed by atoms with Crippen molar-refractivity contribution in [2.45, 2.75) is 6.92 Å². The molecule has 0 aliphatic heterocycles. The van der Waals surface area contributed by atoms with Crippen molar-refractivity contribution in [1.29, 1.82) is 5.26 Å². The van der Waals surface area contributed by atoms with Crippen LogP contribution in [0.15, 0.2) is 24.3 Å². The zero-order chi connectivity index (χ0) is 13.3. The summed E-state index contributed by atoms with van der Waals surface area (Å²) in [6.07, 6.45) is 0. The fraction of sp³-hybridized carbons (Fsp3) is 0.154. The van der Waals surface area contributed by atoms with E-state index < -0.39 is 0 Å². The minimum Gasteiger partial charge on any atom is -0.331 e. The van der Waals surface area contributed by atoms with Gasteiger partial charge < -0.3 is 9.55 Å². The first-order chi connectivity index (χ1) is 8.54. The van der Waals surface area contributed by atoms with Crippen molar-refractivity contribution in [3.8, 4) is 17.3 Å². The third-order valence-electron chi connectivity index (χ3n) is 2.72. The first kappa shape index (κ1) is 12.7. The van der Waals surface area contributed by atoms with Gasteiger partial charge in [-0.1, -0.05) is 36.0 Å². The first-order valence-corrected chi connectivity index (χ1v) is 6.16. The lowest BCUT2D eigenvalue weighted by Crippen LogP contribution is -2.03. The van der Waals surface area contributed by atoms with E-state index in [1.54, 1.807) is 11.6 Å². The van der Waals surface area contributed by atoms with E-state index in [0.717, 1.165) is 11.1 Å². The number of aryl methyl sites for hydroxylation is 1. The summed E-state index contributed by atoms with van der Waals surface area (Å²) >= 11 is 10.5. The molecule has 0 bridgehead atoms. The van der Waals surface area contributed by atoms with Crippen LogP contribution >= 0.6 is 24.4 Å². The second kappa shape index (κ2) is 4.84. The molecule has 3 nitrogen and oxygen atoms in total. The molecule has 0 radical (unpaired) electrons. The van der Waals surface area contributed by atoms with E-state index in [2.05, 4.69) is 11.1 Å². The van der Waals surface area contributed by atoms with Crippen molar-refractivity contribution in [2.24, 2.45) is 7.05 Å². The lowest BCUT2D eigenvalue weighted by molar-refractivity contribution is 0.827. The highest BCUT2D eigenvalue weighted by molar-refractivity contribution is 7.72. The number of nitriles is 1. The first-order valence-electron chi connectivity index (χ1n) is 5.35. The summed E-state index contributed by atoms with van der Waals surface area (Å²) in [7, 11) is 1.75. The SMILES string of the molecule is Cc1cccc(-c2[nH]c(=S)n(C)c(=S)c2C#N)c1. The zero-order valence-electron chi connectivity index (χ0n) is 10.0. The minimum absolute atomic E-state index is 0.451. The minimum atomic E-state index is 0.451. The third-order valence-corrected chi connectivity index (χ3v) is 3.58. The number of benzene rings is 1. The van der Waals surface area contributed by atoms with Gasteiger partial charge in [-0.25, -0.2) is 0 Å². The van der Waals surface area contributed by atoms with Crippen LogP contribution in [0.3, 0.4) is 0 Å². The van der Waals surface area contributed by atoms with E-state index in [9.17, 15) is 5.26 Å². The molecule has 0 spiro atoms. The summed E-state index contributed by atoms with van der Waals surface area (Å²) in [5.74, 6) is 0. The van der Waals surface area contributed by atoms with Crippen LogP contribution in [0.2, 0.25) is 0 Å². The van der Waals surface area contributed by atoms with Crippen LogP contribution in [-0.4, -0.2) is 9.55 Å². The van der Waals surface area contributed by atoms with Crippen LogP contribution in [0, 0.1) is 27.7 Å². The highest BCUT2D eigenvalue weighted by Gasteiger charge is 2.09. The Morgan fingerprint density at radius 2 is 2.06 bits per heavy atom. The maximum absolute atomic E-state index is 9.26. The Balaban J connectivity index is 2.85. The summed E-state index contributed by atoms with van der Waals surface area (Å²) in [5.41, 5.74) is 3.18. The van der Waals surface area contributed by atoms with Gasteiger partial charge in [-0.15, -0.1) is 0 Å². The number of rotatable bonds is 1. The summed E-state index contributed by atoms with van der Waals surface area (Å²) in [4.78, 5) is 3.07.